The largest absolute Gasteiger partial charge is 0.509 e. The smallest absolute Gasteiger partial charge is 0.132 e. The first-order valence-corrected chi connectivity index (χ1v) is 3.71. The van der Waals surface area contributed by atoms with E-state index in [9.17, 15) is 5.11 Å². The molecule has 0 aromatic heterocycles. The number of hydrogen-bond acceptors (Lipinski definition) is 4. The highest BCUT2D eigenvalue weighted by Gasteiger charge is 2.12. The Kier molecular flexibility index (Phi) is 3.63. The van der Waals surface area contributed by atoms with Gasteiger partial charge in [0.2, 0.25) is 0 Å². The molecular weight excluding hydrogens is 154 g/mol. The Labute approximate surface area is 72.7 Å². The van der Waals surface area contributed by atoms with E-state index in [2.05, 4.69) is 0 Å². The number of rotatable bonds is 2. The molecule has 7 N–H and O–H groups in total. The molecule has 0 aliphatic rings. The quantitative estimate of drug-likeness (QED) is 0.449. The van der Waals surface area contributed by atoms with Crippen LogP contribution in [0.15, 0.2) is 22.7 Å². The molecule has 0 aliphatic heterocycles. The summed E-state index contributed by atoms with van der Waals surface area (Å²) in [7, 11) is 0. The SMILES string of the molecule is C/C(N)=C(/O)C(N)/C(C)=C(\C)N. The summed E-state index contributed by atoms with van der Waals surface area (Å²) in [5.74, 6) is -0.0164. The first-order valence-electron chi connectivity index (χ1n) is 3.71. The maximum Gasteiger partial charge on any atom is 0.132 e. The first-order chi connectivity index (χ1) is 5.37. The molecule has 0 radical (unpaired) electrons. The van der Waals surface area contributed by atoms with Crippen LogP contribution in [-0.2, 0) is 0 Å². The summed E-state index contributed by atoms with van der Waals surface area (Å²) in [6, 6.07) is -0.583. The molecule has 0 aromatic rings. The average Bonchev–Trinajstić information content (AvgIpc) is 2.00. The minimum Gasteiger partial charge on any atom is -0.509 e. The fraction of sp³-hybridized carbons (Fsp3) is 0.500. The van der Waals surface area contributed by atoms with Crippen LogP contribution in [0.4, 0.5) is 0 Å². The normalized spacial score (nSPS) is 18.0. The molecule has 0 fully saturated rings. The zero-order chi connectivity index (χ0) is 9.89. The molecule has 0 rings (SSSR count). The maximum absolute atomic E-state index is 9.35. The number of allylic oxidation sites excluding steroid dienone is 2. The lowest BCUT2D eigenvalue weighted by atomic mass is 10.1. The lowest BCUT2D eigenvalue weighted by Gasteiger charge is -2.14. The van der Waals surface area contributed by atoms with E-state index in [-0.39, 0.29) is 5.76 Å². The van der Waals surface area contributed by atoms with Crippen LogP contribution >= 0.6 is 0 Å². The third-order valence-electron chi connectivity index (χ3n) is 1.79. The molecule has 0 saturated carbocycles. The average molecular weight is 171 g/mol. The van der Waals surface area contributed by atoms with E-state index in [0.29, 0.717) is 11.4 Å². The zero-order valence-electron chi connectivity index (χ0n) is 7.76. The van der Waals surface area contributed by atoms with Crippen molar-refractivity contribution in [1.29, 1.82) is 0 Å². The molecule has 1 atom stereocenters. The van der Waals surface area contributed by atoms with Crippen LogP contribution < -0.4 is 17.2 Å². The third kappa shape index (κ3) is 2.47. The maximum atomic E-state index is 9.35. The standard InChI is InChI=1S/C8H17N3O/c1-4(5(2)9)7(11)8(12)6(3)10/h7,12H,9-11H2,1-3H3/b5-4+,8-6-. The zero-order valence-corrected chi connectivity index (χ0v) is 7.76. The minimum atomic E-state index is -0.583. The summed E-state index contributed by atoms with van der Waals surface area (Å²) < 4.78 is 0. The highest BCUT2D eigenvalue weighted by atomic mass is 16.3. The van der Waals surface area contributed by atoms with Crippen molar-refractivity contribution in [2.45, 2.75) is 26.8 Å². The van der Waals surface area contributed by atoms with Crippen LogP contribution in [0.2, 0.25) is 0 Å². The Morgan fingerprint density at radius 1 is 1.08 bits per heavy atom. The van der Waals surface area contributed by atoms with Gasteiger partial charge in [-0.3, -0.25) is 0 Å². The van der Waals surface area contributed by atoms with Gasteiger partial charge in [0.25, 0.3) is 0 Å². The molecule has 0 saturated heterocycles. The Bertz CT molecular complexity index is 198. The summed E-state index contributed by atoms with van der Waals surface area (Å²) in [6.07, 6.45) is 0. The number of nitrogens with two attached hydrogens (primary N) is 3. The molecule has 0 amide bonds. The van der Waals surface area contributed by atoms with E-state index in [1.807, 2.05) is 0 Å². The van der Waals surface area contributed by atoms with E-state index in [0.717, 1.165) is 5.57 Å². The molecule has 12 heavy (non-hydrogen) atoms. The number of aliphatic hydroxyl groups is 1. The molecule has 4 heteroatoms. The molecule has 0 aromatic carbocycles. The van der Waals surface area contributed by atoms with Crippen LogP contribution in [0, 0.1) is 0 Å². The van der Waals surface area contributed by atoms with E-state index in [1.54, 1.807) is 20.8 Å². The van der Waals surface area contributed by atoms with Crippen molar-refractivity contribution in [1.82, 2.24) is 0 Å². The van der Waals surface area contributed by atoms with Gasteiger partial charge in [0.1, 0.15) is 5.76 Å². The van der Waals surface area contributed by atoms with Crippen molar-refractivity contribution in [3.8, 4) is 0 Å². The van der Waals surface area contributed by atoms with Crippen molar-refractivity contribution in [2.75, 3.05) is 0 Å². The Morgan fingerprint density at radius 2 is 1.50 bits per heavy atom. The second-order valence-electron chi connectivity index (χ2n) is 2.91. The fourth-order valence-electron chi connectivity index (χ4n) is 0.696. The number of hydrogen-bond donors (Lipinski definition) is 4. The lowest BCUT2D eigenvalue weighted by molar-refractivity contribution is 0.371. The van der Waals surface area contributed by atoms with Gasteiger partial charge >= 0.3 is 0 Å². The summed E-state index contributed by atoms with van der Waals surface area (Å²) in [6.45, 7) is 5.09. The van der Waals surface area contributed by atoms with Gasteiger partial charge in [0.05, 0.1) is 6.04 Å². The van der Waals surface area contributed by atoms with Gasteiger partial charge in [-0.1, -0.05) is 0 Å². The van der Waals surface area contributed by atoms with Crippen LogP contribution in [0.5, 0.6) is 0 Å². The Morgan fingerprint density at radius 3 is 1.75 bits per heavy atom. The summed E-state index contributed by atoms with van der Waals surface area (Å²) in [4.78, 5) is 0. The molecular formula is C8H17N3O. The van der Waals surface area contributed by atoms with E-state index in [4.69, 9.17) is 17.2 Å². The van der Waals surface area contributed by atoms with Gasteiger partial charge in [-0.05, 0) is 26.3 Å². The molecule has 0 spiro atoms. The van der Waals surface area contributed by atoms with Gasteiger partial charge in [-0.15, -0.1) is 0 Å². The minimum absolute atomic E-state index is 0.0164. The van der Waals surface area contributed by atoms with Gasteiger partial charge in [0.15, 0.2) is 0 Å². The van der Waals surface area contributed by atoms with Gasteiger partial charge in [-0.2, -0.15) is 0 Å². The Balaban J connectivity index is 4.75. The van der Waals surface area contributed by atoms with E-state index >= 15 is 0 Å². The second-order valence-corrected chi connectivity index (χ2v) is 2.91. The molecule has 0 bridgehead atoms. The topological polar surface area (TPSA) is 98.3 Å². The highest BCUT2D eigenvalue weighted by Crippen LogP contribution is 2.10. The van der Waals surface area contributed by atoms with Crippen molar-refractivity contribution < 1.29 is 5.11 Å². The van der Waals surface area contributed by atoms with Crippen LogP contribution in [0.3, 0.4) is 0 Å². The van der Waals surface area contributed by atoms with E-state index < -0.39 is 6.04 Å². The van der Waals surface area contributed by atoms with E-state index in [1.165, 1.54) is 0 Å². The molecule has 70 valence electrons. The molecule has 0 aliphatic carbocycles. The van der Waals surface area contributed by atoms with Gasteiger partial charge in [0, 0.05) is 11.4 Å². The molecule has 0 heterocycles. The number of aliphatic hydroxyl groups excluding tert-OH is 1. The fourth-order valence-corrected chi connectivity index (χ4v) is 0.696. The second kappa shape index (κ2) is 4.01. The van der Waals surface area contributed by atoms with Crippen LogP contribution in [0.25, 0.3) is 0 Å². The predicted molar refractivity (Wildman–Crippen MR) is 50.1 cm³/mol. The molecule has 4 nitrogen and oxygen atoms in total. The predicted octanol–water partition coefficient (Wildman–Crippen LogP) is 0.315. The molecule has 1 unspecified atom stereocenters. The van der Waals surface area contributed by atoms with Crippen molar-refractivity contribution in [3.63, 3.8) is 0 Å². The van der Waals surface area contributed by atoms with Crippen molar-refractivity contribution >= 4 is 0 Å². The summed E-state index contributed by atoms with van der Waals surface area (Å²) in [5.41, 5.74) is 18.2. The monoisotopic (exact) mass is 171 g/mol. The third-order valence-corrected chi connectivity index (χ3v) is 1.79. The van der Waals surface area contributed by atoms with Crippen LogP contribution in [-0.4, -0.2) is 11.1 Å². The lowest BCUT2D eigenvalue weighted by Crippen LogP contribution is -2.28. The van der Waals surface area contributed by atoms with Gasteiger partial charge in [-0.25, -0.2) is 0 Å². The van der Waals surface area contributed by atoms with Gasteiger partial charge < -0.3 is 22.3 Å². The highest BCUT2D eigenvalue weighted by molar-refractivity contribution is 5.24. The summed E-state index contributed by atoms with van der Waals surface area (Å²) >= 11 is 0. The Hall–Kier alpha value is -1.16. The van der Waals surface area contributed by atoms with Crippen LogP contribution in [0.1, 0.15) is 20.8 Å². The van der Waals surface area contributed by atoms with Crippen molar-refractivity contribution in [2.24, 2.45) is 17.2 Å². The first kappa shape index (κ1) is 10.8. The summed E-state index contributed by atoms with van der Waals surface area (Å²) in [5, 5.41) is 9.35. The van der Waals surface area contributed by atoms with Crippen molar-refractivity contribution in [3.05, 3.63) is 22.7 Å².